The van der Waals surface area contributed by atoms with Gasteiger partial charge in [-0.05, 0) is 26.0 Å². The van der Waals surface area contributed by atoms with Gasteiger partial charge in [0.05, 0.1) is 17.0 Å². The number of fused-ring (bicyclic) bond motifs is 1. The monoisotopic (exact) mass is 351 g/mol. The molecule has 4 aromatic heterocycles. The Kier molecular flexibility index (Phi) is 3.79. The first-order chi connectivity index (χ1) is 12.4. The molecule has 0 saturated carbocycles. The Hall–Kier alpha value is -3.09. The second-order valence-corrected chi connectivity index (χ2v) is 6.78. The van der Waals surface area contributed by atoms with Gasteiger partial charge in [0, 0.05) is 30.6 Å². The van der Waals surface area contributed by atoms with Crippen molar-refractivity contribution in [3.8, 4) is 11.3 Å². The molecule has 7 heteroatoms. The molecule has 0 atom stereocenters. The van der Waals surface area contributed by atoms with Gasteiger partial charge in [0.1, 0.15) is 11.5 Å². The van der Waals surface area contributed by atoms with Crippen molar-refractivity contribution in [2.45, 2.75) is 33.6 Å². The van der Waals surface area contributed by atoms with Crippen molar-refractivity contribution in [3.63, 3.8) is 0 Å². The molecule has 0 fully saturated rings. The zero-order valence-corrected chi connectivity index (χ0v) is 15.5. The van der Waals surface area contributed by atoms with Crippen LogP contribution in [0.25, 0.3) is 22.2 Å². The number of rotatable bonds is 4. The lowest BCUT2D eigenvalue weighted by Crippen LogP contribution is -1.98. The largest absolute Gasteiger partial charge is 0.457 e. The fourth-order valence-electron chi connectivity index (χ4n) is 3.02. The van der Waals surface area contributed by atoms with Gasteiger partial charge in [0.15, 0.2) is 17.2 Å². The molecule has 0 aliphatic heterocycles. The van der Waals surface area contributed by atoms with Crippen molar-refractivity contribution >= 4 is 22.6 Å². The first kappa shape index (κ1) is 16.4. The topological polar surface area (TPSA) is 81.9 Å². The summed E-state index contributed by atoms with van der Waals surface area (Å²) in [6, 6.07) is 5.97. The molecular weight excluding hydrogens is 330 g/mol. The predicted molar refractivity (Wildman–Crippen MR) is 99.6 cm³/mol. The summed E-state index contributed by atoms with van der Waals surface area (Å²) in [6.07, 6.45) is 1.87. The summed E-state index contributed by atoms with van der Waals surface area (Å²) < 4.78 is 13.1. The van der Waals surface area contributed by atoms with Gasteiger partial charge in [0.2, 0.25) is 0 Å². The van der Waals surface area contributed by atoms with E-state index in [4.69, 9.17) is 13.9 Å². The Balaban J connectivity index is 1.91. The molecule has 1 N–H and O–H groups in total. The molecule has 4 heterocycles. The fourth-order valence-corrected chi connectivity index (χ4v) is 3.02. The molecule has 0 amide bonds. The lowest BCUT2D eigenvalue weighted by Gasteiger charge is -2.07. The zero-order valence-electron chi connectivity index (χ0n) is 15.5. The molecule has 26 heavy (non-hydrogen) atoms. The number of nitrogens with one attached hydrogen (secondary N) is 1. The summed E-state index contributed by atoms with van der Waals surface area (Å²) in [6.45, 7) is 8.01. The number of anilines is 2. The smallest absolute Gasteiger partial charge is 0.176 e. The average molecular weight is 351 g/mol. The molecule has 4 aromatic rings. The summed E-state index contributed by atoms with van der Waals surface area (Å²) in [5.41, 5.74) is 3.23. The molecule has 4 rings (SSSR count). The summed E-state index contributed by atoms with van der Waals surface area (Å²) in [7, 11) is 1.87. The normalized spacial score (nSPS) is 11.6. The Bertz CT molecular complexity index is 1070. The van der Waals surface area contributed by atoms with Crippen LogP contribution < -0.4 is 5.32 Å². The van der Waals surface area contributed by atoms with E-state index in [1.165, 1.54) is 0 Å². The Morgan fingerprint density at radius 3 is 2.62 bits per heavy atom. The average Bonchev–Trinajstić information content (AvgIpc) is 3.27. The minimum atomic E-state index is 0.285. The number of furan rings is 1. The molecule has 0 unspecified atom stereocenters. The first-order valence-corrected chi connectivity index (χ1v) is 8.56. The summed E-state index contributed by atoms with van der Waals surface area (Å²) >= 11 is 0. The lowest BCUT2D eigenvalue weighted by molar-refractivity contribution is 0.393. The lowest BCUT2D eigenvalue weighted by atomic mass is 10.1. The van der Waals surface area contributed by atoms with Crippen molar-refractivity contribution < 1.29 is 8.94 Å². The van der Waals surface area contributed by atoms with E-state index in [9.17, 15) is 0 Å². The van der Waals surface area contributed by atoms with Crippen LogP contribution in [0.4, 0.5) is 11.6 Å². The van der Waals surface area contributed by atoms with Crippen LogP contribution in [0, 0.1) is 13.8 Å². The second kappa shape index (κ2) is 6.01. The molecule has 0 aromatic carbocycles. The van der Waals surface area contributed by atoms with Crippen molar-refractivity contribution in [3.05, 3.63) is 41.6 Å². The summed E-state index contributed by atoms with van der Waals surface area (Å²) in [5.74, 6) is 3.28. The minimum absolute atomic E-state index is 0.285. The Morgan fingerprint density at radius 2 is 2.00 bits per heavy atom. The van der Waals surface area contributed by atoms with Gasteiger partial charge in [-0.25, -0.2) is 4.98 Å². The number of hydrogen-bond acceptors (Lipinski definition) is 6. The standard InChI is InChI=1S/C19H21N5O2/c1-10(2)15-9-13-8-14(17-11(3)23-26-12(17)4)20-19(18(13)25-15)21-16-6-7-24(5)22-16/h6-10H,1-5H3,(H,20,21,22). The molecule has 0 bridgehead atoms. The third-order valence-corrected chi connectivity index (χ3v) is 4.34. The third kappa shape index (κ3) is 2.75. The van der Waals surface area contributed by atoms with Gasteiger partial charge in [0.25, 0.3) is 0 Å². The van der Waals surface area contributed by atoms with Crippen molar-refractivity contribution in [1.82, 2.24) is 19.9 Å². The quantitative estimate of drug-likeness (QED) is 0.574. The number of aromatic nitrogens is 4. The molecule has 0 saturated heterocycles. The highest BCUT2D eigenvalue weighted by molar-refractivity contribution is 5.92. The third-order valence-electron chi connectivity index (χ3n) is 4.34. The van der Waals surface area contributed by atoms with Gasteiger partial charge in [-0.2, -0.15) is 5.10 Å². The van der Waals surface area contributed by atoms with Crippen molar-refractivity contribution in [1.29, 1.82) is 0 Å². The van der Waals surface area contributed by atoms with Gasteiger partial charge < -0.3 is 14.3 Å². The van der Waals surface area contributed by atoms with E-state index in [-0.39, 0.29) is 5.92 Å². The molecule has 0 radical (unpaired) electrons. The highest BCUT2D eigenvalue weighted by Gasteiger charge is 2.19. The van der Waals surface area contributed by atoms with Crippen LogP contribution in [0.1, 0.15) is 37.0 Å². The maximum absolute atomic E-state index is 6.07. The number of aryl methyl sites for hydroxylation is 3. The molecule has 0 aliphatic rings. The SMILES string of the molecule is Cc1noc(C)c1-c1cc2cc(C(C)C)oc2c(Nc2ccn(C)n2)n1. The number of pyridine rings is 1. The van der Waals surface area contributed by atoms with Crippen molar-refractivity contribution in [2.75, 3.05) is 5.32 Å². The van der Waals surface area contributed by atoms with E-state index in [0.29, 0.717) is 11.6 Å². The summed E-state index contributed by atoms with van der Waals surface area (Å²) in [5, 5.41) is 12.7. The van der Waals surface area contributed by atoms with E-state index in [2.05, 4.69) is 35.5 Å². The Morgan fingerprint density at radius 1 is 1.19 bits per heavy atom. The van der Waals surface area contributed by atoms with Crippen LogP contribution in [0.2, 0.25) is 0 Å². The number of nitrogens with zero attached hydrogens (tertiary/aromatic N) is 4. The van der Waals surface area contributed by atoms with Crippen molar-refractivity contribution in [2.24, 2.45) is 7.05 Å². The highest BCUT2D eigenvalue weighted by atomic mass is 16.5. The van der Waals surface area contributed by atoms with Crippen LogP contribution >= 0.6 is 0 Å². The van der Waals surface area contributed by atoms with Crippen LogP contribution in [0.15, 0.2) is 33.3 Å². The van der Waals surface area contributed by atoms with E-state index >= 15 is 0 Å². The maximum Gasteiger partial charge on any atom is 0.176 e. The zero-order chi connectivity index (χ0) is 18.4. The Labute approximate surface area is 151 Å². The molecule has 7 nitrogen and oxygen atoms in total. The number of hydrogen-bond donors (Lipinski definition) is 1. The van der Waals surface area contributed by atoms with Gasteiger partial charge >= 0.3 is 0 Å². The van der Waals surface area contributed by atoms with Gasteiger partial charge in [-0.1, -0.05) is 19.0 Å². The maximum atomic E-state index is 6.07. The van der Waals surface area contributed by atoms with E-state index in [1.54, 1.807) is 4.68 Å². The minimum Gasteiger partial charge on any atom is -0.457 e. The van der Waals surface area contributed by atoms with Crippen LogP contribution in [-0.4, -0.2) is 19.9 Å². The predicted octanol–water partition coefficient (Wildman–Crippen LogP) is 4.70. The van der Waals surface area contributed by atoms with E-state index in [1.807, 2.05) is 39.2 Å². The van der Waals surface area contributed by atoms with E-state index < -0.39 is 0 Å². The summed E-state index contributed by atoms with van der Waals surface area (Å²) in [4.78, 5) is 4.79. The van der Waals surface area contributed by atoms with E-state index in [0.717, 1.165) is 39.4 Å². The second-order valence-electron chi connectivity index (χ2n) is 6.78. The molecular formula is C19H21N5O2. The molecule has 0 spiro atoms. The van der Waals surface area contributed by atoms with Crippen LogP contribution in [0.3, 0.4) is 0 Å². The fraction of sp³-hybridized carbons (Fsp3) is 0.316. The highest BCUT2D eigenvalue weighted by Crippen LogP contribution is 2.35. The van der Waals surface area contributed by atoms with Gasteiger partial charge in [-0.3, -0.25) is 4.68 Å². The van der Waals surface area contributed by atoms with Crippen LogP contribution in [-0.2, 0) is 7.05 Å². The van der Waals surface area contributed by atoms with Crippen LogP contribution in [0.5, 0.6) is 0 Å². The molecule has 0 aliphatic carbocycles. The molecule has 134 valence electrons. The first-order valence-electron chi connectivity index (χ1n) is 8.56. The van der Waals surface area contributed by atoms with Gasteiger partial charge in [-0.15, -0.1) is 0 Å².